The number of hydrogen-bond donors (Lipinski definition) is 9. The van der Waals surface area contributed by atoms with Crippen LogP contribution in [0.2, 0.25) is 20.4 Å². The topological polar surface area (TPSA) is 403 Å². The average Bonchev–Trinajstić information content (AvgIpc) is 1.58. The summed E-state index contributed by atoms with van der Waals surface area (Å²) in [5.74, 6) is 3.75. The second-order valence-electron chi connectivity index (χ2n) is 34.5. The molecule has 0 atom stereocenters. The molecule has 0 unspecified atom stereocenters. The lowest BCUT2D eigenvalue weighted by molar-refractivity contribution is 0.00836. The van der Waals surface area contributed by atoms with Crippen LogP contribution in [0.1, 0.15) is 114 Å². The van der Waals surface area contributed by atoms with Gasteiger partial charge in [-0.15, -0.1) is 0 Å². The number of alkyl carbamates (subject to hydrolysis) is 3. The molecular formula is C78H94Br2Cl4N26O6S3. The van der Waals surface area contributed by atoms with Crippen molar-refractivity contribution in [2.75, 3.05) is 84.3 Å². The van der Waals surface area contributed by atoms with Gasteiger partial charge in [-0.3, -0.25) is 17.6 Å². The van der Waals surface area contributed by atoms with Crippen LogP contribution in [0.25, 0.3) is 22.6 Å². The van der Waals surface area contributed by atoms with Crippen LogP contribution in [-0.2, 0) is 14.2 Å². The molecule has 41 heteroatoms. The maximum Gasteiger partial charge on any atom is 0.407 e. The first kappa shape index (κ1) is 86.9. The Balaban J connectivity index is 0.000000123. The molecule has 4 aliphatic carbocycles. The quantitative estimate of drug-likeness (QED) is 0.0349. The smallest absolute Gasteiger partial charge is 0.407 e. The van der Waals surface area contributed by atoms with E-state index >= 15 is 0 Å². The molecule has 32 nitrogen and oxygen atoms in total. The SMILES string of the molecule is CC(C)(C)OC(=O)NC1CC2(C1)CN(c1ncc(Br)c3nccn13)C2.CC(C)(C)OC(=O)NC1CC2(C1)CN(c1ncc(Sc3ccnc(N)c3Cl)c3nccn13)C2.CC(C)(C)OC(=O)NC1CC2(CNC2)C1.Clc1ncc(Br)c2nccn12.Nc1[nH]ccc(=S)c1Cl.Nc1nccc(Sc2cnc(N3CC4(CC(N)C4)C3)n3ccnc23)c1Cl. The van der Waals surface area contributed by atoms with Crippen LogP contribution in [0.15, 0.2) is 140 Å². The predicted octanol–water partition coefficient (Wildman–Crippen LogP) is 14.8. The summed E-state index contributed by atoms with van der Waals surface area (Å²) in [5, 5.41) is 13.9. The number of nitrogens with zero attached hydrogens (tertiary/aromatic N) is 17. The fourth-order valence-electron chi connectivity index (χ4n) is 16.1. The van der Waals surface area contributed by atoms with Crippen LogP contribution >= 0.6 is 114 Å². The lowest BCUT2D eigenvalue weighted by Gasteiger charge is -2.59. The van der Waals surface area contributed by atoms with Crippen molar-refractivity contribution >= 4 is 190 Å². The van der Waals surface area contributed by atoms with E-state index in [9.17, 15) is 14.4 Å². The third-order valence-corrected chi connectivity index (χ3v) is 26.6. The molecule has 0 bridgehead atoms. The molecule has 11 aromatic rings. The highest BCUT2D eigenvalue weighted by Gasteiger charge is 2.56. The zero-order valence-corrected chi connectivity index (χ0v) is 75.5. The van der Waals surface area contributed by atoms with Crippen molar-refractivity contribution in [1.82, 2.24) is 93.7 Å². The molecule has 11 aromatic heterocycles. The van der Waals surface area contributed by atoms with Crippen molar-refractivity contribution in [2.24, 2.45) is 27.4 Å². The number of fused-ring (bicyclic) bond motifs is 4. The van der Waals surface area contributed by atoms with Gasteiger partial charge in [0.2, 0.25) is 23.1 Å². The highest BCUT2D eigenvalue weighted by atomic mass is 79.9. The molecule has 8 aliphatic rings. The minimum atomic E-state index is -0.486. The van der Waals surface area contributed by atoms with Crippen LogP contribution in [0.5, 0.6) is 0 Å². The van der Waals surface area contributed by atoms with Crippen molar-refractivity contribution in [3.8, 4) is 0 Å². The number of anilines is 6. The predicted molar refractivity (Wildman–Crippen MR) is 473 cm³/mol. The number of carbonyl (C=O) groups is 3. The number of aromatic amines is 1. The molecule has 4 saturated carbocycles. The van der Waals surface area contributed by atoms with Crippen molar-refractivity contribution in [3.05, 3.63) is 145 Å². The van der Waals surface area contributed by atoms with E-state index in [0.717, 1.165) is 173 Å². The minimum absolute atomic E-state index is 0.166. The summed E-state index contributed by atoms with van der Waals surface area (Å²) in [5.41, 5.74) is 26.4. The fraction of sp³-hybridized carbons (Fsp3) is 0.462. The van der Waals surface area contributed by atoms with Crippen molar-refractivity contribution in [3.63, 3.8) is 0 Å². The fourth-order valence-corrected chi connectivity index (χ4v) is 19.6. The Bertz CT molecular complexity index is 5570. The number of hydrogen-bond acceptors (Lipinski definition) is 27. The van der Waals surface area contributed by atoms with E-state index in [0.29, 0.717) is 70.6 Å². The number of carbonyl (C=O) groups excluding carboxylic acids is 3. The van der Waals surface area contributed by atoms with E-state index in [1.807, 2.05) is 119 Å². The number of imidazole rings is 4. The first-order valence-corrected chi connectivity index (χ1v) is 43.7. The third kappa shape index (κ3) is 20.2. The molecule has 0 radical (unpaired) electrons. The summed E-state index contributed by atoms with van der Waals surface area (Å²) in [6.45, 7) is 24.8. The third-order valence-electron chi connectivity index (χ3n) is 21.2. The molecule has 8 fully saturated rings. The Morgan fingerprint density at radius 2 is 0.824 bits per heavy atom. The van der Waals surface area contributed by atoms with E-state index in [1.165, 1.54) is 23.5 Å². The second-order valence-corrected chi connectivity index (χ2v) is 40.3. The Hall–Kier alpha value is -8.50. The second kappa shape index (κ2) is 34.8. The number of nitrogens with one attached hydrogen (secondary N) is 5. The van der Waals surface area contributed by atoms with Crippen LogP contribution in [0.4, 0.5) is 49.7 Å². The average molecular weight is 1890 g/mol. The Morgan fingerprint density at radius 3 is 1.18 bits per heavy atom. The summed E-state index contributed by atoms with van der Waals surface area (Å²) in [4.78, 5) is 91.7. The molecule has 13 N–H and O–H groups in total. The molecule has 4 spiro atoms. The molecular weight excluding hydrogens is 1790 g/mol. The summed E-state index contributed by atoms with van der Waals surface area (Å²) in [6.07, 6.45) is 34.0. The van der Waals surface area contributed by atoms with E-state index in [4.69, 9.17) is 106 Å². The van der Waals surface area contributed by atoms with Crippen LogP contribution in [-0.4, -0.2) is 184 Å². The first-order valence-electron chi connectivity index (χ1n) is 38.5. The molecule has 19 rings (SSSR count). The minimum Gasteiger partial charge on any atom is -0.444 e. The van der Waals surface area contributed by atoms with Gasteiger partial charge in [0.1, 0.15) is 34.3 Å². The lowest BCUT2D eigenvalue weighted by Crippen LogP contribution is -2.67. The standard InChI is InChI=1S/C22H26ClN7O2S.C17H22BrN5O2.C17H18ClN7S.C11H20N2O2.C6H3BrClN3.C5H5ClN2S/c1-21(2,3)32-20(31)28-13-8-22(9-13)11-29(12-22)19-27-10-15(18-26-6-7-30(18)19)33-14-4-5-25-17(24)16(14)23;1-16(2,3)25-15(24)21-11-6-17(7-11)9-22(10-17)14-20-8-12(18)13-19-4-5-23(13)14;18-13-11(1-2-21-14(13)20)26-12-7-23-16(25-4-3-22-15(12)25)24-8-17(9-24)5-10(19)6-17;1-10(2,3)15-9(14)13-8-4-11(5-8)6-12-7-11;7-4-3-10-6(8)11-2-1-9-5(4)11;6-4-3(9)1-2-8-5(4)7/h4-7,10,13H,8-9,11-12H2,1-3H3,(H2,24,25)(H,28,31);4-5,8,11H,6-7,9-10H2,1-3H3,(H,21,24);1-4,7,10H,5-6,8-9,19H2,(H2,20,21);8,12H,4-7H2,1-3H3,(H,13,14);1-3H;1-2H,(H3,7,8,9). The number of nitrogens with two attached hydrogens (primary N) is 4. The Labute approximate surface area is 737 Å². The number of halogens is 6. The summed E-state index contributed by atoms with van der Waals surface area (Å²) in [6, 6.07) is 6.43. The molecule has 3 amide bonds. The number of rotatable bonds is 10. The Morgan fingerprint density at radius 1 is 0.471 bits per heavy atom. The van der Waals surface area contributed by atoms with Gasteiger partial charge in [-0.25, -0.2) is 64.2 Å². The van der Waals surface area contributed by atoms with Gasteiger partial charge < -0.3 is 78.1 Å². The monoisotopic (exact) mass is 1880 g/mol. The van der Waals surface area contributed by atoms with E-state index < -0.39 is 16.8 Å². The Kier molecular flexibility index (Phi) is 25.4. The first-order chi connectivity index (χ1) is 56.3. The number of amides is 3. The molecule has 4 saturated heterocycles. The number of aromatic nitrogens is 15. The molecule has 4 aliphatic heterocycles. The largest absolute Gasteiger partial charge is 0.444 e. The summed E-state index contributed by atoms with van der Waals surface area (Å²) < 4.78 is 25.9. The van der Waals surface area contributed by atoms with Crippen molar-refractivity contribution in [1.29, 1.82) is 0 Å². The molecule has 119 heavy (non-hydrogen) atoms. The number of ether oxygens (including phenoxy) is 3. The molecule has 632 valence electrons. The van der Waals surface area contributed by atoms with Crippen molar-refractivity contribution in [2.45, 2.75) is 174 Å². The van der Waals surface area contributed by atoms with E-state index in [1.54, 1.807) is 72.4 Å². The van der Waals surface area contributed by atoms with E-state index in [2.05, 4.69) is 113 Å². The van der Waals surface area contributed by atoms with Gasteiger partial charge in [-0.1, -0.05) is 70.5 Å². The van der Waals surface area contributed by atoms with Crippen LogP contribution in [0.3, 0.4) is 0 Å². The van der Waals surface area contributed by atoms with Gasteiger partial charge in [0.25, 0.3) is 0 Å². The maximum atomic E-state index is 12.0. The van der Waals surface area contributed by atoms with Crippen molar-refractivity contribution < 1.29 is 28.6 Å². The van der Waals surface area contributed by atoms with Gasteiger partial charge in [-0.05, 0) is 181 Å². The van der Waals surface area contributed by atoms with E-state index in [-0.39, 0.29) is 35.8 Å². The van der Waals surface area contributed by atoms with Crippen LogP contribution < -0.4 is 58.9 Å². The molecule has 0 aromatic carbocycles. The number of pyridine rings is 3. The zero-order valence-electron chi connectivity index (χ0n) is 66.9. The number of nitrogen functional groups attached to an aromatic ring is 3. The van der Waals surface area contributed by atoms with Gasteiger partial charge in [0.15, 0.2) is 22.6 Å². The zero-order chi connectivity index (χ0) is 84.9. The lowest BCUT2D eigenvalue weighted by atomic mass is 9.61. The normalized spacial score (nSPS) is 18.8. The maximum absolute atomic E-state index is 12.0. The summed E-state index contributed by atoms with van der Waals surface area (Å²) >= 11 is 38.5. The highest BCUT2D eigenvalue weighted by Crippen LogP contribution is 2.53. The van der Waals surface area contributed by atoms with Gasteiger partial charge in [-0.2, -0.15) is 0 Å². The van der Waals surface area contributed by atoms with Gasteiger partial charge in [0.05, 0.1) is 38.3 Å². The highest BCUT2D eigenvalue weighted by molar-refractivity contribution is 9.11. The van der Waals surface area contributed by atoms with Crippen LogP contribution in [0, 0.1) is 26.2 Å². The van der Waals surface area contributed by atoms with Gasteiger partial charge in [0, 0.05) is 196 Å². The summed E-state index contributed by atoms with van der Waals surface area (Å²) in [7, 11) is 0. The molecule has 15 heterocycles. The number of H-pyrrole nitrogens is 1. The van der Waals surface area contributed by atoms with Gasteiger partial charge >= 0.3 is 18.3 Å².